The number of fused-ring (bicyclic) bond motifs is 3. The van der Waals surface area contributed by atoms with Crippen LogP contribution in [0.1, 0.15) is 8.30 Å². The largest absolute Gasteiger partial charge is 0.135 e. The average molecular weight is 276 g/mol. The highest BCUT2D eigenvalue weighted by atomic mass is 32.1. The van der Waals surface area contributed by atoms with Crippen molar-refractivity contribution in [3.8, 4) is 11.1 Å². The van der Waals surface area contributed by atoms with Crippen LogP contribution < -0.4 is 0 Å². The van der Waals surface area contributed by atoms with Crippen molar-refractivity contribution >= 4 is 31.5 Å². The summed E-state index contributed by atoms with van der Waals surface area (Å²) >= 11 is 1.56. The summed E-state index contributed by atoms with van der Waals surface area (Å²) in [4.78, 5) is 0. The maximum atomic E-state index is 8.40. The van der Waals surface area contributed by atoms with Crippen LogP contribution in [0.3, 0.4) is 0 Å². The third-order valence-corrected chi connectivity index (χ3v) is 4.60. The molecule has 0 unspecified atom stereocenters. The Morgan fingerprint density at radius 1 is 0.950 bits per heavy atom. The third kappa shape index (κ3) is 1.75. The lowest BCUT2D eigenvalue weighted by atomic mass is 9.98. The lowest BCUT2D eigenvalue weighted by molar-refractivity contribution is 1.51. The molecule has 4 aromatic rings. The van der Waals surface area contributed by atoms with Gasteiger partial charge in [0.1, 0.15) is 0 Å². The van der Waals surface area contributed by atoms with Crippen LogP contribution in [0.5, 0.6) is 0 Å². The Kier molecular flexibility index (Phi) is 2.17. The van der Waals surface area contributed by atoms with Crippen LogP contribution in [0.4, 0.5) is 0 Å². The summed E-state index contributed by atoms with van der Waals surface area (Å²) < 4.78 is 18.5. The summed E-state index contributed by atoms with van der Waals surface area (Å²) in [5.74, 6) is 0. The fourth-order valence-corrected chi connectivity index (χ4v) is 3.83. The molecule has 20 heavy (non-hydrogen) atoms. The van der Waals surface area contributed by atoms with E-state index in [-0.39, 0.29) is 0 Å². The topological polar surface area (TPSA) is 0 Å². The summed E-state index contributed by atoms with van der Waals surface area (Å²) in [5, 5.41) is 2.19. The molecule has 0 nitrogen and oxygen atoms in total. The first-order chi connectivity index (χ1) is 10.7. The lowest BCUT2D eigenvalue weighted by Crippen LogP contribution is -1.81. The molecule has 0 saturated carbocycles. The first-order valence-corrected chi connectivity index (χ1v) is 7.46. The predicted molar refractivity (Wildman–Crippen MR) is 89.5 cm³/mol. The maximum Gasteiger partial charge on any atom is 0.0641 e. The van der Waals surface area contributed by atoms with Gasteiger partial charge in [-0.05, 0) is 35.7 Å². The van der Waals surface area contributed by atoms with Crippen LogP contribution >= 0.6 is 11.3 Å². The molecule has 1 heteroatoms. The molecule has 4 rings (SSSR count). The summed E-state index contributed by atoms with van der Waals surface area (Å²) in [6.07, 6.45) is 0. The van der Waals surface area contributed by atoms with E-state index in [0.29, 0.717) is 12.1 Å². The van der Waals surface area contributed by atoms with Crippen molar-refractivity contribution < 1.29 is 2.74 Å². The van der Waals surface area contributed by atoms with Gasteiger partial charge in [-0.25, -0.2) is 0 Å². The van der Waals surface area contributed by atoms with Crippen molar-refractivity contribution in [2.24, 2.45) is 0 Å². The maximum absolute atomic E-state index is 8.40. The van der Waals surface area contributed by atoms with E-state index in [9.17, 15) is 0 Å². The summed E-state index contributed by atoms with van der Waals surface area (Å²) in [6, 6.07) is 19.3. The van der Waals surface area contributed by atoms with Gasteiger partial charge in [0.05, 0.1) is 2.74 Å². The minimum atomic E-state index is 0.537. The summed E-state index contributed by atoms with van der Waals surface area (Å²) in [5.41, 5.74) is 3.29. The SMILES string of the molecule is [2H]c1cccc2c1sc1c([2H])c(C)cc(-c3ccccc3)c12. The van der Waals surface area contributed by atoms with Gasteiger partial charge in [-0.15, -0.1) is 11.3 Å². The second kappa shape index (κ2) is 4.46. The van der Waals surface area contributed by atoms with E-state index in [0.717, 1.165) is 36.9 Å². The zero-order valence-corrected chi connectivity index (χ0v) is 11.9. The van der Waals surface area contributed by atoms with Crippen LogP contribution in [0.2, 0.25) is 0 Å². The molecule has 0 aliphatic heterocycles. The van der Waals surface area contributed by atoms with E-state index in [1.54, 1.807) is 11.3 Å². The van der Waals surface area contributed by atoms with Crippen molar-refractivity contribution in [2.75, 3.05) is 0 Å². The zero-order chi connectivity index (χ0) is 15.3. The molecule has 96 valence electrons. The molecule has 0 spiro atoms. The van der Waals surface area contributed by atoms with E-state index in [1.807, 2.05) is 37.3 Å². The first-order valence-electron chi connectivity index (χ1n) is 7.64. The van der Waals surface area contributed by atoms with Crippen molar-refractivity contribution in [2.45, 2.75) is 6.92 Å². The number of hydrogen-bond acceptors (Lipinski definition) is 1. The molecule has 1 heterocycles. The quantitative estimate of drug-likeness (QED) is 0.398. The fourth-order valence-electron chi connectivity index (χ4n) is 2.68. The van der Waals surface area contributed by atoms with E-state index in [2.05, 4.69) is 24.3 Å². The second-order valence-electron chi connectivity index (χ2n) is 4.95. The van der Waals surface area contributed by atoms with Crippen LogP contribution in [0, 0.1) is 6.92 Å². The van der Waals surface area contributed by atoms with Crippen molar-refractivity contribution in [1.82, 2.24) is 0 Å². The normalized spacial score (nSPS) is 12.7. The Labute approximate surface area is 125 Å². The van der Waals surface area contributed by atoms with Gasteiger partial charge in [0.2, 0.25) is 0 Å². The second-order valence-corrected chi connectivity index (χ2v) is 5.97. The number of aryl methyl sites for hydroxylation is 1. The molecule has 0 aliphatic carbocycles. The van der Waals surface area contributed by atoms with Gasteiger partial charge in [0, 0.05) is 20.2 Å². The first kappa shape index (κ1) is 9.73. The molecule has 0 amide bonds. The Bertz CT molecular complexity index is 1000. The van der Waals surface area contributed by atoms with E-state index in [4.69, 9.17) is 2.74 Å². The van der Waals surface area contributed by atoms with Crippen LogP contribution in [0.15, 0.2) is 66.7 Å². The molecular formula is C19H14S. The van der Waals surface area contributed by atoms with Crippen LogP contribution in [-0.4, -0.2) is 0 Å². The van der Waals surface area contributed by atoms with E-state index in [1.165, 1.54) is 0 Å². The smallest absolute Gasteiger partial charge is 0.0641 e. The number of thiophene rings is 1. The molecule has 0 fully saturated rings. The Balaban J connectivity index is 2.24. The average Bonchev–Trinajstić information content (AvgIpc) is 2.93. The number of hydrogen-bond donors (Lipinski definition) is 0. The molecule has 0 saturated heterocycles. The zero-order valence-electron chi connectivity index (χ0n) is 13.1. The van der Waals surface area contributed by atoms with Gasteiger partial charge in [0.15, 0.2) is 0 Å². The molecule has 3 aromatic carbocycles. The molecule has 0 N–H and O–H groups in total. The molecule has 0 bridgehead atoms. The van der Waals surface area contributed by atoms with E-state index < -0.39 is 0 Å². The van der Waals surface area contributed by atoms with Gasteiger partial charge in [-0.1, -0.05) is 54.6 Å². The Morgan fingerprint density at radius 3 is 2.60 bits per heavy atom. The number of benzene rings is 3. The summed E-state index contributed by atoms with van der Waals surface area (Å²) in [6.45, 7) is 1.99. The standard InChI is InChI=1S/C19H14S/c1-13-11-16(14-7-3-2-4-8-14)19-15-9-5-6-10-17(15)20-18(19)12-13/h2-12H,1H3/i10D,12D. The highest BCUT2D eigenvalue weighted by Crippen LogP contribution is 2.40. The van der Waals surface area contributed by atoms with E-state index >= 15 is 0 Å². The van der Waals surface area contributed by atoms with Gasteiger partial charge >= 0.3 is 0 Å². The predicted octanol–water partition coefficient (Wildman–Crippen LogP) is 6.03. The minimum Gasteiger partial charge on any atom is -0.135 e. The van der Waals surface area contributed by atoms with Gasteiger partial charge in [-0.3, -0.25) is 0 Å². The third-order valence-electron chi connectivity index (χ3n) is 3.54. The molecule has 0 aliphatic rings. The Hall–Kier alpha value is -2.12. The van der Waals surface area contributed by atoms with Crippen molar-refractivity contribution in [3.05, 3.63) is 72.2 Å². The van der Waals surface area contributed by atoms with Gasteiger partial charge in [0.25, 0.3) is 0 Å². The highest BCUT2D eigenvalue weighted by molar-refractivity contribution is 7.25. The van der Waals surface area contributed by atoms with Crippen LogP contribution in [0.25, 0.3) is 31.3 Å². The van der Waals surface area contributed by atoms with Crippen LogP contribution in [-0.2, 0) is 0 Å². The summed E-state index contributed by atoms with van der Waals surface area (Å²) in [7, 11) is 0. The van der Waals surface area contributed by atoms with Gasteiger partial charge in [-0.2, -0.15) is 0 Å². The molecular weight excluding hydrogens is 260 g/mol. The number of rotatable bonds is 1. The highest BCUT2D eigenvalue weighted by Gasteiger charge is 2.11. The van der Waals surface area contributed by atoms with Gasteiger partial charge < -0.3 is 0 Å². The molecule has 0 atom stereocenters. The molecule has 1 aromatic heterocycles. The lowest BCUT2D eigenvalue weighted by Gasteiger charge is -2.06. The fraction of sp³-hybridized carbons (Fsp3) is 0.0526. The monoisotopic (exact) mass is 276 g/mol. The van der Waals surface area contributed by atoms with Crippen molar-refractivity contribution in [1.29, 1.82) is 0 Å². The minimum absolute atomic E-state index is 0.537. The molecule has 0 radical (unpaired) electrons. The van der Waals surface area contributed by atoms with Crippen molar-refractivity contribution in [3.63, 3.8) is 0 Å². The Morgan fingerprint density at radius 2 is 1.75 bits per heavy atom.